The van der Waals surface area contributed by atoms with Crippen molar-refractivity contribution in [3.8, 4) is 11.5 Å². The first-order valence-electron chi connectivity index (χ1n) is 3.65. The molecule has 1 aromatic heterocycles. The van der Waals surface area contributed by atoms with Crippen molar-refractivity contribution in [3.05, 3.63) is 18.0 Å². The fourth-order valence-corrected chi connectivity index (χ4v) is 0.990. The number of hydrogen-bond acceptors (Lipinski definition) is 3. The monoisotopic (exact) mass is 184 g/mol. The van der Waals surface area contributed by atoms with Crippen molar-refractivity contribution < 1.29 is 24.7 Å². The van der Waals surface area contributed by atoms with Crippen LogP contribution < -0.4 is 4.57 Å². The molecule has 0 unspecified atom stereocenters. The van der Waals surface area contributed by atoms with E-state index in [1.54, 1.807) is 0 Å². The first-order valence-corrected chi connectivity index (χ1v) is 3.65. The van der Waals surface area contributed by atoms with E-state index in [4.69, 9.17) is 10.2 Å². The Balaban J connectivity index is 3.10. The lowest BCUT2D eigenvalue weighted by Crippen LogP contribution is -2.40. The van der Waals surface area contributed by atoms with E-state index in [9.17, 15) is 9.90 Å². The summed E-state index contributed by atoms with van der Waals surface area (Å²) < 4.78 is 1.33. The minimum atomic E-state index is -1.00. The van der Waals surface area contributed by atoms with Gasteiger partial charge >= 0.3 is 5.97 Å². The Bertz CT molecular complexity index is 348. The third-order valence-corrected chi connectivity index (χ3v) is 1.73. The molecule has 1 heterocycles. The van der Waals surface area contributed by atoms with E-state index in [0.29, 0.717) is 5.69 Å². The standard InChI is InChI=1S/C8H9NO4/c1-5-8(13)6(10)2-3-9(5)4-7(11)12/h2-3H,4H2,1H3,(H2,11,12,13)/p+1. The zero-order chi connectivity index (χ0) is 10.0. The van der Waals surface area contributed by atoms with Crippen molar-refractivity contribution in [2.24, 2.45) is 0 Å². The van der Waals surface area contributed by atoms with Gasteiger partial charge < -0.3 is 15.3 Å². The molecule has 0 aliphatic rings. The van der Waals surface area contributed by atoms with Gasteiger partial charge in [0.2, 0.25) is 18.0 Å². The molecular formula is C8H10NO4+. The zero-order valence-electron chi connectivity index (χ0n) is 7.06. The molecule has 13 heavy (non-hydrogen) atoms. The lowest BCUT2D eigenvalue weighted by molar-refractivity contribution is -0.692. The Morgan fingerprint density at radius 1 is 1.54 bits per heavy atom. The first-order chi connectivity index (χ1) is 6.02. The topological polar surface area (TPSA) is 81.6 Å². The van der Waals surface area contributed by atoms with Gasteiger partial charge in [0.1, 0.15) is 0 Å². The number of rotatable bonds is 2. The van der Waals surface area contributed by atoms with Crippen molar-refractivity contribution in [2.75, 3.05) is 0 Å². The summed E-state index contributed by atoms with van der Waals surface area (Å²) in [5, 5.41) is 26.8. The number of carboxylic acids is 1. The van der Waals surface area contributed by atoms with E-state index < -0.39 is 5.97 Å². The summed E-state index contributed by atoms with van der Waals surface area (Å²) in [6, 6.07) is 1.24. The highest BCUT2D eigenvalue weighted by Gasteiger charge is 2.17. The van der Waals surface area contributed by atoms with E-state index in [-0.39, 0.29) is 18.0 Å². The van der Waals surface area contributed by atoms with E-state index in [0.717, 1.165) is 0 Å². The number of carbonyl (C=O) groups is 1. The number of hydrogen-bond donors (Lipinski definition) is 3. The summed E-state index contributed by atoms with van der Waals surface area (Å²) in [7, 11) is 0. The van der Waals surface area contributed by atoms with Gasteiger partial charge in [0.25, 0.3) is 0 Å². The highest BCUT2D eigenvalue weighted by molar-refractivity contribution is 5.64. The van der Waals surface area contributed by atoms with Crippen LogP contribution in [0.5, 0.6) is 11.5 Å². The maximum absolute atomic E-state index is 10.4. The lowest BCUT2D eigenvalue weighted by atomic mass is 10.3. The fourth-order valence-electron chi connectivity index (χ4n) is 0.990. The van der Waals surface area contributed by atoms with Crippen LogP contribution in [0.1, 0.15) is 5.69 Å². The van der Waals surface area contributed by atoms with Gasteiger partial charge in [0, 0.05) is 13.0 Å². The molecule has 0 fully saturated rings. The maximum atomic E-state index is 10.4. The molecule has 1 aromatic rings. The van der Waals surface area contributed by atoms with Gasteiger partial charge in [0.05, 0.1) is 0 Å². The van der Waals surface area contributed by atoms with Gasteiger partial charge in [-0.15, -0.1) is 0 Å². The summed E-state index contributed by atoms with van der Waals surface area (Å²) in [5.41, 5.74) is 0.322. The number of pyridine rings is 1. The van der Waals surface area contributed by atoms with Crippen molar-refractivity contribution in [2.45, 2.75) is 13.5 Å². The zero-order valence-corrected chi connectivity index (χ0v) is 7.06. The molecule has 3 N–H and O–H groups in total. The predicted molar refractivity (Wildman–Crippen MR) is 42.3 cm³/mol. The van der Waals surface area contributed by atoms with Crippen molar-refractivity contribution in [1.29, 1.82) is 0 Å². The lowest BCUT2D eigenvalue weighted by Gasteiger charge is -2.00. The molecular weight excluding hydrogens is 174 g/mol. The summed E-state index contributed by atoms with van der Waals surface area (Å²) in [6.45, 7) is 1.29. The molecule has 0 aliphatic carbocycles. The minimum Gasteiger partial charge on any atom is -0.504 e. The van der Waals surface area contributed by atoms with E-state index >= 15 is 0 Å². The molecule has 0 aromatic carbocycles. The van der Waals surface area contributed by atoms with E-state index in [1.807, 2.05) is 0 Å². The first kappa shape index (κ1) is 9.31. The van der Waals surface area contributed by atoms with Gasteiger partial charge in [0.15, 0.2) is 11.9 Å². The van der Waals surface area contributed by atoms with Gasteiger partial charge in [-0.05, 0) is 0 Å². The largest absolute Gasteiger partial charge is 0.504 e. The van der Waals surface area contributed by atoms with Crippen molar-refractivity contribution in [1.82, 2.24) is 0 Å². The van der Waals surface area contributed by atoms with Crippen LogP contribution in [0.15, 0.2) is 12.3 Å². The van der Waals surface area contributed by atoms with Crippen LogP contribution in [0.3, 0.4) is 0 Å². The molecule has 1 rings (SSSR count). The number of aromatic nitrogens is 1. The van der Waals surface area contributed by atoms with E-state index in [1.165, 1.54) is 23.8 Å². The number of aliphatic carboxylic acids is 1. The third kappa shape index (κ3) is 1.87. The Morgan fingerprint density at radius 2 is 2.15 bits per heavy atom. The van der Waals surface area contributed by atoms with Crippen LogP contribution in [0, 0.1) is 6.92 Å². The van der Waals surface area contributed by atoms with Crippen LogP contribution in [0.25, 0.3) is 0 Å². The Hall–Kier alpha value is -1.78. The molecule has 0 aliphatic heterocycles. The maximum Gasteiger partial charge on any atom is 0.370 e. The molecule has 0 spiro atoms. The smallest absolute Gasteiger partial charge is 0.370 e. The summed E-state index contributed by atoms with van der Waals surface area (Å²) >= 11 is 0. The number of nitrogens with zero attached hydrogens (tertiary/aromatic N) is 1. The Labute approximate surface area is 74.5 Å². The SMILES string of the molecule is Cc1c(O)c(O)cc[n+]1CC(=O)O. The second kappa shape index (κ2) is 3.30. The fraction of sp³-hybridized carbons (Fsp3) is 0.250. The van der Waals surface area contributed by atoms with Crippen LogP contribution in [0.4, 0.5) is 0 Å². The van der Waals surface area contributed by atoms with Gasteiger partial charge in [-0.25, -0.2) is 4.79 Å². The van der Waals surface area contributed by atoms with Gasteiger partial charge in [-0.3, -0.25) is 0 Å². The quantitative estimate of drug-likeness (QED) is 0.555. The molecule has 0 atom stereocenters. The summed E-state index contributed by atoms with van der Waals surface area (Å²) in [4.78, 5) is 10.4. The molecule has 0 radical (unpaired) electrons. The predicted octanol–water partition coefficient (Wildman–Crippen LogP) is -0.222. The van der Waals surface area contributed by atoms with Crippen molar-refractivity contribution in [3.63, 3.8) is 0 Å². The highest BCUT2D eigenvalue weighted by Crippen LogP contribution is 2.24. The molecule has 0 saturated carbocycles. The summed E-state index contributed by atoms with van der Waals surface area (Å²) in [6.07, 6.45) is 1.40. The summed E-state index contributed by atoms with van der Waals surface area (Å²) in [5.74, 6) is -1.54. The highest BCUT2D eigenvalue weighted by atomic mass is 16.4. The molecule has 0 amide bonds. The van der Waals surface area contributed by atoms with Crippen LogP contribution in [-0.2, 0) is 11.3 Å². The van der Waals surface area contributed by atoms with E-state index in [2.05, 4.69) is 0 Å². The third-order valence-electron chi connectivity index (χ3n) is 1.73. The average Bonchev–Trinajstić information content (AvgIpc) is 2.06. The molecule has 0 bridgehead atoms. The van der Waals surface area contributed by atoms with Gasteiger partial charge in [-0.2, -0.15) is 4.57 Å². The van der Waals surface area contributed by atoms with Crippen molar-refractivity contribution >= 4 is 5.97 Å². The number of aromatic hydroxyl groups is 2. The molecule has 5 heteroatoms. The molecule has 70 valence electrons. The van der Waals surface area contributed by atoms with Crippen LogP contribution in [0.2, 0.25) is 0 Å². The second-order valence-corrected chi connectivity index (χ2v) is 2.66. The van der Waals surface area contributed by atoms with Gasteiger partial charge in [-0.1, -0.05) is 0 Å². The molecule has 5 nitrogen and oxygen atoms in total. The normalized spacial score (nSPS) is 9.92. The van der Waals surface area contributed by atoms with Crippen LogP contribution in [-0.4, -0.2) is 21.3 Å². The van der Waals surface area contributed by atoms with Crippen LogP contribution >= 0.6 is 0 Å². The Kier molecular flexibility index (Phi) is 2.36. The minimum absolute atomic E-state index is 0.236. The second-order valence-electron chi connectivity index (χ2n) is 2.66. The average molecular weight is 184 g/mol. The molecule has 0 saturated heterocycles. The number of carboxylic acid groups (broad SMARTS) is 1. The Morgan fingerprint density at radius 3 is 2.69 bits per heavy atom.